The molecule has 1 saturated heterocycles. The maximum atomic E-state index is 11.8. The Labute approximate surface area is 157 Å². The Hall–Kier alpha value is -2.19. The van der Waals surface area contributed by atoms with Crippen LogP contribution in [0.3, 0.4) is 0 Å². The Bertz CT molecular complexity index is 739. The molecular weight excluding hydrogens is 354 g/mol. The van der Waals surface area contributed by atoms with Gasteiger partial charge in [-0.05, 0) is 36.5 Å². The lowest BCUT2D eigenvalue weighted by molar-refractivity contribution is -0.134. The average Bonchev–Trinajstić information content (AvgIpc) is 2.88. The van der Waals surface area contributed by atoms with Crippen LogP contribution >= 0.6 is 12.2 Å². The van der Waals surface area contributed by atoms with Gasteiger partial charge in [0, 0.05) is 13.1 Å². The molecule has 0 unspecified atom stereocenters. The van der Waals surface area contributed by atoms with E-state index in [0.29, 0.717) is 37.6 Å². The monoisotopic (exact) mass is 377 g/mol. The zero-order valence-electron chi connectivity index (χ0n) is 14.7. The second-order valence-corrected chi connectivity index (χ2v) is 7.28. The van der Waals surface area contributed by atoms with E-state index in [1.165, 1.54) is 5.56 Å². The topological polar surface area (TPSA) is 90.9 Å². The first-order valence-corrected chi connectivity index (χ1v) is 9.06. The van der Waals surface area contributed by atoms with E-state index in [9.17, 15) is 9.59 Å². The number of nitrogens with zero attached hydrogens (tertiary/aromatic N) is 1. The largest absolute Gasteiger partial charge is 0.434 e. The van der Waals surface area contributed by atoms with Gasteiger partial charge in [0.25, 0.3) is 0 Å². The summed E-state index contributed by atoms with van der Waals surface area (Å²) in [7, 11) is 0. The minimum atomic E-state index is -0.806. The lowest BCUT2D eigenvalue weighted by Gasteiger charge is -2.28. The van der Waals surface area contributed by atoms with Crippen LogP contribution in [0.25, 0.3) is 0 Å². The summed E-state index contributed by atoms with van der Waals surface area (Å²) in [5.74, 6) is -0.246. The molecule has 8 heteroatoms. The highest BCUT2D eigenvalue weighted by Gasteiger charge is 2.42. The van der Waals surface area contributed by atoms with Crippen molar-refractivity contribution in [2.45, 2.75) is 25.4 Å². The van der Waals surface area contributed by atoms with E-state index in [1.807, 2.05) is 12.1 Å². The fourth-order valence-electron chi connectivity index (χ4n) is 3.45. The van der Waals surface area contributed by atoms with Crippen LogP contribution in [0, 0.1) is 0 Å². The van der Waals surface area contributed by atoms with Gasteiger partial charge < -0.3 is 25.4 Å². The molecule has 2 amide bonds. The number of alkyl carbamates (subject to hydrolysis) is 1. The summed E-state index contributed by atoms with van der Waals surface area (Å²) in [5, 5.41) is 14.9. The van der Waals surface area contributed by atoms with E-state index in [1.54, 1.807) is 11.8 Å². The Balaban J connectivity index is 1.85. The van der Waals surface area contributed by atoms with Gasteiger partial charge in [0.2, 0.25) is 5.91 Å². The first kappa shape index (κ1) is 18.6. The number of carbonyl (C=O) groups excluding carboxylic acids is 2. The molecule has 0 saturated carbocycles. The highest BCUT2D eigenvalue weighted by Crippen LogP contribution is 2.31. The first-order chi connectivity index (χ1) is 12.4. The second kappa shape index (κ2) is 7.59. The molecule has 2 heterocycles. The number of nitrogens with one attached hydrogen (secondary N) is 2. The maximum Gasteiger partial charge on any atom is 0.408 e. The van der Waals surface area contributed by atoms with Crippen molar-refractivity contribution in [3.05, 3.63) is 34.9 Å². The maximum absolute atomic E-state index is 11.8. The Morgan fingerprint density at radius 2 is 2.12 bits per heavy atom. The molecule has 2 aliphatic rings. The summed E-state index contributed by atoms with van der Waals surface area (Å²) in [6.45, 7) is 3.26. The molecular formula is C18H23N3O4S. The molecule has 0 bridgehead atoms. The molecule has 0 aromatic heterocycles. The molecule has 3 rings (SSSR count). The molecule has 140 valence electrons. The summed E-state index contributed by atoms with van der Waals surface area (Å²) >= 11 is 5.09. The molecule has 0 radical (unpaired) electrons. The quantitative estimate of drug-likeness (QED) is 0.661. The molecule has 1 aromatic carbocycles. The summed E-state index contributed by atoms with van der Waals surface area (Å²) in [5.41, 5.74) is 2.41. The van der Waals surface area contributed by atoms with E-state index in [-0.39, 0.29) is 5.91 Å². The Kier molecular flexibility index (Phi) is 5.43. The minimum absolute atomic E-state index is 0.246. The van der Waals surface area contributed by atoms with Crippen molar-refractivity contribution in [2.24, 2.45) is 0 Å². The first-order valence-electron chi connectivity index (χ1n) is 8.66. The number of benzene rings is 1. The van der Waals surface area contributed by atoms with Gasteiger partial charge >= 0.3 is 6.09 Å². The number of rotatable bonds is 4. The summed E-state index contributed by atoms with van der Waals surface area (Å²) in [6.07, 6.45) is 0.999. The Morgan fingerprint density at radius 3 is 2.73 bits per heavy atom. The van der Waals surface area contributed by atoms with Crippen molar-refractivity contribution in [1.82, 2.24) is 15.5 Å². The van der Waals surface area contributed by atoms with Crippen LogP contribution in [0.4, 0.5) is 4.79 Å². The predicted octanol–water partition coefficient (Wildman–Crippen LogP) is 0.478. The van der Waals surface area contributed by atoms with Gasteiger partial charge in [0.05, 0.1) is 18.1 Å². The number of aliphatic hydroxyl groups is 1. The van der Waals surface area contributed by atoms with Crippen molar-refractivity contribution < 1.29 is 19.4 Å². The number of amides is 2. The number of carbonyl (C=O) groups is 2. The van der Waals surface area contributed by atoms with Gasteiger partial charge in [-0.3, -0.25) is 4.79 Å². The summed E-state index contributed by atoms with van der Waals surface area (Å²) in [6, 6.07) is 6.07. The number of ether oxygens (including phenoxy) is 1. The number of thiocarbonyl (C=S) groups is 1. The van der Waals surface area contributed by atoms with Crippen LogP contribution in [-0.4, -0.2) is 59.8 Å². The van der Waals surface area contributed by atoms with Gasteiger partial charge in [-0.1, -0.05) is 30.4 Å². The third-order valence-electron chi connectivity index (χ3n) is 4.95. The van der Waals surface area contributed by atoms with Crippen LogP contribution in [0.15, 0.2) is 18.2 Å². The van der Waals surface area contributed by atoms with Gasteiger partial charge in [-0.25, -0.2) is 4.79 Å². The van der Waals surface area contributed by atoms with Gasteiger partial charge in [0.1, 0.15) is 6.61 Å². The predicted molar refractivity (Wildman–Crippen MR) is 100.0 cm³/mol. The van der Waals surface area contributed by atoms with E-state index in [4.69, 9.17) is 22.1 Å². The standard InChI is InChI=1S/C18H23N3O4S/c1-12(26)19-10-18(11-20-17(24)25-18)15-3-2-13-4-6-21(16(23)9-22)7-5-14(13)8-15/h2-3,8,22H,4-7,9-11H2,1H3,(H,19,26)(H,20,24)/t18-/m1/s1. The molecule has 0 aliphatic carbocycles. The average molecular weight is 377 g/mol. The summed E-state index contributed by atoms with van der Waals surface area (Å²) < 4.78 is 5.61. The van der Waals surface area contributed by atoms with Crippen molar-refractivity contribution in [3.8, 4) is 0 Å². The smallest absolute Gasteiger partial charge is 0.408 e. The van der Waals surface area contributed by atoms with Gasteiger partial charge in [-0.15, -0.1) is 0 Å². The van der Waals surface area contributed by atoms with Crippen molar-refractivity contribution in [2.75, 3.05) is 32.8 Å². The van der Waals surface area contributed by atoms with Crippen molar-refractivity contribution >= 4 is 29.2 Å². The lowest BCUT2D eigenvalue weighted by atomic mass is 9.89. The molecule has 26 heavy (non-hydrogen) atoms. The zero-order chi connectivity index (χ0) is 18.7. The molecule has 1 fully saturated rings. The number of hydrogen-bond donors (Lipinski definition) is 3. The molecule has 7 nitrogen and oxygen atoms in total. The fourth-order valence-corrected chi connectivity index (χ4v) is 3.52. The van der Waals surface area contributed by atoms with Gasteiger partial charge in [0.15, 0.2) is 5.60 Å². The number of aliphatic hydroxyl groups excluding tert-OH is 1. The highest BCUT2D eigenvalue weighted by molar-refractivity contribution is 7.80. The summed E-state index contributed by atoms with van der Waals surface area (Å²) in [4.78, 5) is 25.8. The van der Waals surface area contributed by atoms with Crippen LogP contribution in [0.1, 0.15) is 23.6 Å². The number of hydrogen-bond acceptors (Lipinski definition) is 5. The lowest BCUT2D eigenvalue weighted by Crippen LogP contribution is -2.42. The number of cyclic esters (lactones) is 1. The molecule has 1 atom stereocenters. The zero-order valence-corrected chi connectivity index (χ0v) is 15.5. The highest BCUT2D eigenvalue weighted by atomic mass is 32.1. The van der Waals surface area contributed by atoms with Crippen molar-refractivity contribution in [3.63, 3.8) is 0 Å². The number of fused-ring (bicyclic) bond motifs is 1. The second-order valence-electron chi connectivity index (χ2n) is 6.67. The van der Waals surface area contributed by atoms with Crippen molar-refractivity contribution in [1.29, 1.82) is 0 Å². The normalized spacial score (nSPS) is 22.1. The van der Waals surface area contributed by atoms with E-state index in [2.05, 4.69) is 16.7 Å². The molecule has 0 spiro atoms. The van der Waals surface area contributed by atoms with E-state index >= 15 is 0 Å². The Morgan fingerprint density at radius 1 is 1.38 bits per heavy atom. The minimum Gasteiger partial charge on any atom is -0.434 e. The van der Waals surface area contributed by atoms with E-state index < -0.39 is 18.3 Å². The van der Waals surface area contributed by atoms with Crippen LogP contribution in [0.2, 0.25) is 0 Å². The SMILES string of the molecule is CC(=S)NC[C@]1(c2ccc3c(c2)CCN(C(=O)CO)CC3)CNC(=O)O1. The molecule has 3 N–H and O–H groups in total. The van der Waals surface area contributed by atoms with Crippen LogP contribution < -0.4 is 10.6 Å². The molecule has 2 aliphatic heterocycles. The fraction of sp³-hybridized carbons (Fsp3) is 0.500. The van der Waals surface area contributed by atoms with E-state index in [0.717, 1.165) is 17.5 Å². The van der Waals surface area contributed by atoms with Crippen LogP contribution in [0.5, 0.6) is 0 Å². The van der Waals surface area contributed by atoms with Crippen LogP contribution in [-0.2, 0) is 28.0 Å². The molecule has 1 aromatic rings. The van der Waals surface area contributed by atoms with Gasteiger partial charge in [-0.2, -0.15) is 0 Å². The third-order valence-corrected chi connectivity index (χ3v) is 5.10. The third kappa shape index (κ3) is 3.81.